The Morgan fingerprint density at radius 3 is 2.46 bits per heavy atom. The van der Waals surface area contributed by atoms with E-state index in [9.17, 15) is 5.11 Å². The number of nitriles is 1. The van der Waals surface area contributed by atoms with Crippen LogP contribution in [0.25, 0.3) is 22.0 Å². The first kappa shape index (κ1) is 22.8. The summed E-state index contributed by atoms with van der Waals surface area (Å²) in [4.78, 5) is 11.7. The van der Waals surface area contributed by atoms with E-state index in [1.54, 1.807) is 7.11 Å². The van der Waals surface area contributed by atoms with E-state index >= 15 is 0 Å². The zero-order valence-corrected chi connectivity index (χ0v) is 20.2. The number of anilines is 1. The molecule has 2 aromatic carbocycles. The summed E-state index contributed by atoms with van der Waals surface area (Å²) in [6.07, 6.45) is 3.03. The molecule has 0 saturated carbocycles. The number of benzene rings is 2. The van der Waals surface area contributed by atoms with E-state index in [1.807, 2.05) is 74.6 Å². The average molecular weight is 465 g/mol. The molecule has 0 spiro atoms. The van der Waals surface area contributed by atoms with Gasteiger partial charge in [-0.3, -0.25) is 9.97 Å². The van der Waals surface area contributed by atoms with Crippen molar-refractivity contribution in [1.29, 1.82) is 5.26 Å². The lowest BCUT2D eigenvalue weighted by molar-refractivity contribution is 0.00735. The fourth-order valence-corrected chi connectivity index (χ4v) is 5.04. The first-order valence-electron chi connectivity index (χ1n) is 11.8. The van der Waals surface area contributed by atoms with Crippen molar-refractivity contribution in [3.05, 3.63) is 83.3 Å². The van der Waals surface area contributed by atoms with E-state index in [0.29, 0.717) is 31.5 Å². The molecule has 0 radical (unpaired) electrons. The number of ether oxygens (including phenoxy) is 1. The highest BCUT2D eigenvalue weighted by atomic mass is 16.5. The number of piperidine rings is 1. The molecule has 0 amide bonds. The van der Waals surface area contributed by atoms with Crippen LogP contribution in [-0.2, 0) is 5.60 Å². The first-order chi connectivity index (χ1) is 16.9. The van der Waals surface area contributed by atoms with Gasteiger partial charge in [-0.05, 0) is 68.1 Å². The summed E-state index contributed by atoms with van der Waals surface area (Å²) in [6.45, 7) is 5.34. The maximum atomic E-state index is 11.4. The summed E-state index contributed by atoms with van der Waals surface area (Å²) in [6, 6.07) is 19.8. The molecule has 35 heavy (non-hydrogen) atoms. The predicted molar refractivity (Wildman–Crippen MR) is 138 cm³/mol. The highest BCUT2D eigenvalue weighted by Gasteiger charge is 2.36. The van der Waals surface area contributed by atoms with Crippen LogP contribution < -0.4 is 9.64 Å². The molecule has 3 heterocycles. The Bertz CT molecular complexity index is 1410. The van der Waals surface area contributed by atoms with Crippen molar-refractivity contribution in [2.45, 2.75) is 32.3 Å². The maximum Gasteiger partial charge on any atom is 0.153 e. The molecule has 5 rings (SSSR count). The van der Waals surface area contributed by atoms with E-state index < -0.39 is 5.60 Å². The lowest BCUT2D eigenvalue weighted by Gasteiger charge is -2.39. The summed E-state index contributed by atoms with van der Waals surface area (Å²) >= 11 is 0. The molecule has 2 aromatic heterocycles. The molecule has 1 N–H and O–H groups in total. The highest BCUT2D eigenvalue weighted by Crippen LogP contribution is 2.41. The number of pyridine rings is 2. The van der Waals surface area contributed by atoms with Crippen molar-refractivity contribution >= 4 is 16.6 Å². The van der Waals surface area contributed by atoms with E-state index in [4.69, 9.17) is 15.0 Å². The van der Waals surface area contributed by atoms with Gasteiger partial charge in [0.25, 0.3) is 0 Å². The van der Waals surface area contributed by atoms with Gasteiger partial charge in [-0.1, -0.05) is 24.3 Å². The molecule has 0 bridgehead atoms. The number of hydrogen-bond donors (Lipinski definition) is 1. The Morgan fingerprint density at radius 1 is 1.06 bits per heavy atom. The van der Waals surface area contributed by atoms with Gasteiger partial charge >= 0.3 is 0 Å². The number of aryl methyl sites for hydroxylation is 2. The number of aromatic nitrogens is 2. The number of hydrogen-bond acceptors (Lipinski definition) is 6. The van der Waals surface area contributed by atoms with Crippen LogP contribution in [0.2, 0.25) is 0 Å². The van der Waals surface area contributed by atoms with Crippen molar-refractivity contribution in [2.24, 2.45) is 0 Å². The van der Waals surface area contributed by atoms with Gasteiger partial charge in [0.15, 0.2) is 5.75 Å². The van der Waals surface area contributed by atoms with Crippen molar-refractivity contribution in [1.82, 2.24) is 9.97 Å². The number of rotatable bonds is 4. The van der Waals surface area contributed by atoms with Gasteiger partial charge in [-0.15, -0.1) is 0 Å². The number of aliphatic hydroxyl groups is 1. The Morgan fingerprint density at radius 2 is 1.80 bits per heavy atom. The number of para-hydroxylation sites is 1. The van der Waals surface area contributed by atoms with Crippen LogP contribution in [-0.4, -0.2) is 35.3 Å². The molecule has 0 atom stereocenters. The van der Waals surface area contributed by atoms with E-state index in [-0.39, 0.29) is 0 Å². The largest absolute Gasteiger partial charge is 0.494 e. The molecule has 176 valence electrons. The van der Waals surface area contributed by atoms with Crippen LogP contribution in [0, 0.1) is 25.2 Å². The molecule has 1 fully saturated rings. The Kier molecular flexibility index (Phi) is 5.88. The molecule has 0 aliphatic carbocycles. The maximum absolute atomic E-state index is 11.4. The first-order valence-corrected chi connectivity index (χ1v) is 11.8. The molecule has 0 unspecified atom stereocenters. The molecule has 6 nitrogen and oxygen atoms in total. The van der Waals surface area contributed by atoms with Crippen LogP contribution >= 0.6 is 0 Å². The van der Waals surface area contributed by atoms with Gasteiger partial charge < -0.3 is 14.7 Å². The third-order valence-corrected chi connectivity index (χ3v) is 6.86. The second-order valence-corrected chi connectivity index (χ2v) is 9.26. The minimum absolute atomic E-state index is 0.579. The smallest absolute Gasteiger partial charge is 0.153 e. The summed E-state index contributed by atoms with van der Waals surface area (Å²) in [7, 11) is 1.69. The predicted octanol–water partition coefficient (Wildman–Crippen LogP) is 5.28. The lowest BCUT2D eigenvalue weighted by Crippen LogP contribution is -2.43. The summed E-state index contributed by atoms with van der Waals surface area (Å²) in [5, 5.41) is 21.4. The van der Waals surface area contributed by atoms with Gasteiger partial charge in [0.1, 0.15) is 5.60 Å². The van der Waals surface area contributed by atoms with E-state index in [0.717, 1.165) is 50.4 Å². The number of fused-ring (bicyclic) bond motifs is 1. The van der Waals surface area contributed by atoms with Crippen molar-refractivity contribution in [3.63, 3.8) is 0 Å². The fraction of sp³-hybridized carbons (Fsp3) is 0.276. The van der Waals surface area contributed by atoms with Crippen molar-refractivity contribution < 1.29 is 9.84 Å². The van der Waals surface area contributed by atoms with Gasteiger partial charge in [0, 0.05) is 29.7 Å². The minimum atomic E-state index is -0.937. The summed E-state index contributed by atoms with van der Waals surface area (Å²) in [5.41, 5.74) is 6.25. The second kappa shape index (κ2) is 9.01. The second-order valence-electron chi connectivity index (χ2n) is 9.26. The van der Waals surface area contributed by atoms with Crippen LogP contribution in [0.1, 0.15) is 35.4 Å². The van der Waals surface area contributed by atoms with Gasteiger partial charge in [0.2, 0.25) is 0 Å². The minimum Gasteiger partial charge on any atom is -0.494 e. The van der Waals surface area contributed by atoms with Gasteiger partial charge in [0.05, 0.1) is 41.8 Å². The van der Waals surface area contributed by atoms with Crippen LogP contribution in [0.4, 0.5) is 5.69 Å². The Labute approximate surface area is 205 Å². The normalized spacial score (nSPS) is 15.1. The quantitative estimate of drug-likeness (QED) is 0.442. The summed E-state index contributed by atoms with van der Waals surface area (Å²) in [5.74, 6) is 0.778. The molecular weight excluding hydrogens is 436 g/mol. The zero-order valence-electron chi connectivity index (χ0n) is 20.2. The molecule has 1 aliphatic heterocycles. The van der Waals surface area contributed by atoms with Crippen LogP contribution in [0.3, 0.4) is 0 Å². The van der Waals surface area contributed by atoms with Crippen LogP contribution in [0.15, 0.2) is 60.8 Å². The summed E-state index contributed by atoms with van der Waals surface area (Å²) < 4.78 is 5.91. The Balaban J connectivity index is 1.47. The monoisotopic (exact) mass is 464 g/mol. The molecular formula is C29H28N4O2. The zero-order chi connectivity index (χ0) is 24.6. The van der Waals surface area contributed by atoms with E-state index in [1.165, 1.54) is 0 Å². The van der Waals surface area contributed by atoms with Crippen molar-refractivity contribution in [3.8, 4) is 22.9 Å². The molecule has 1 saturated heterocycles. The number of nitrogens with zero attached hydrogens (tertiary/aromatic N) is 4. The highest BCUT2D eigenvalue weighted by molar-refractivity contribution is 5.99. The third kappa shape index (κ3) is 4.20. The fourth-order valence-electron chi connectivity index (χ4n) is 5.04. The topological polar surface area (TPSA) is 82.3 Å². The van der Waals surface area contributed by atoms with Gasteiger partial charge in [-0.25, -0.2) is 0 Å². The number of methoxy groups -OCH3 is 1. The molecule has 6 heteroatoms. The Hall–Kier alpha value is -3.95. The average Bonchev–Trinajstić information content (AvgIpc) is 2.87. The van der Waals surface area contributed by atoms with E-state index in [2.05, 4.69) is 16.0 Å². The SMILES string of the molecule is COc1c(N2CCC(O)(c3cc(C)cc(C)n3)CC2)cnc2c(-c3ccc(C#N)cc3)cccc12. The van der Waals surface area contributed by atoms with Crippen molar-refractivity contribution in [2.75, 3.05) is 25.1 Å². The third-order valence-electron chi connectivity index (χ3n) is 6.86. The lowest BCUT2D eigenvalue weighted by atomic mass is 9.87. The van der Waals surface area contributed by atoms with Gasteiger partial charge in [-0.2, -0.15) is 5.26 Å². The molecule has 1 aliphatic rings. The molecule has 4 aromatic rings. The standard InChI is InChI=1S/C29H28N4O2/c1-19-15-20(2)32-26(16-19)29(34)11-13-33(14-12-29)25-18-31-27-23(5-4-6-24(27)28(25)35-3)22-9-7-21(17-30)8-10-22/h4-10,15-16,18,34H,11-14H2,1-3H3. The van der Waals surface area contributed by atoms with Crippen LogP contribution in [0.5, 0.6) is 5.75 Å².